The molecule has 2 rings (SSSR count). The molecule has 0 radical (unpaired) electrons. The Labute approximate surface area is 80.9 Å². The maximum absolute atomic E-state index is 11.7. The van der Waals surface area contributed by atoms with Gasteiger partial charge < -0.3 is 9.64 Å². The topological polar surface area (TPSA) is 29.5 Å². The molecule has 1 saturated heterocycles. The molecule has 0 atom stereocenters. The van der Waals surface area contributed by atoms with Crippen LogP contribution in [0.2, 0.25) is 0 Å². The lowest BCUT2D eigenvalue weighted by atomic mass is 10.3. The van der Waals surface area contributed by atoms with Crippen molar-refractivity contribution < 1.29 is 9.53 Å². The number of ether oxygens (including phenoxy) is 1. The van der Waals surface area contributed by atoms with E-state index in [0.717, 1.165) is 24.4 Å². The molecular formula is C9H11NO2S. The van der Waals surface area contributed by atoms with Gasteiger partial charge in [0.15, 0.2) is 0 Å². The number of hydrogen-bond donors (Lipinski definition) is 0. The van der Waals surface area contributed by atoms with Crippen LogP contribution in [0.4, 0.5) is 0 Å². The standard InChI is InChI=1S/C9H11NO2S/c11-9(8-3-1-6-13-8)10-4-2-5-12-7-10/h1,3,6H,2,4-5,7H2. The average Bonchev–Trinajstić information content (AvgIpc) is 2.71. The van der Waals surface area contributed by atoms with Crippen molar-refractivity contribution in [3.63, 3.8) is 0 Å². The SMILES string of the molecule is O=C(c1cccs1)N1CCCOC1. The van der Waals surface area contributed by atoms with Crippen molar-refractivity contribution >= 4 is 17.2 Å². The van der Waals surface area contributed by atoms with Crippen LogP contribution in [0.1, 0.15) is 16.1 Å². The second-order valence-corrected chi connectivity index (χ2v) is 3.88. The molecule has 1 fully saturated rings. The van der Waals surface area contributed by atoms with Crippen LogP contribution in [0.3, 0.4) is 0 Å². The van der Waals surface area contributed by atoms with Gasteiger partial charge in [-0.15, -0.1) is 11.3 Å². The molecule has 0 unspecified atom stereocenters. The van der Waals surface area contributed by atoms with Gasteiger partial charge in [0.1, 0.15) is 6.73 Å². The van der Waals surface area contributed by atoms with Gasteiger partial charge in [0.25, 0.3) is 5.91 Å². The number of hydrogen-bond acceptors (Lipinski definition) is 3. The molecule has 70 valence electrons. The molecule has 1 aromatic heterocycles. The summed E-state index contributed by atoms with van der Waals surface area (Å²) >= 11 is 1.48. The normalized spacial score (nSPS) is 17.4. The molecule has 3 nitrogen and oxygen atoms in total. The van der Waals surface area contributed by atoms with E-state index in [4.69, 9.17) is 4.74 Å². The first-order valence-electron chi connectivity index (χ1n) is 4.28. The summed E-state index contributed by atoms with van der Waals surface area (Å²) in [7, 11) is 0. The molecule has 13 heavy (non-hydrogen) atoms. The predicted octanol–water partition coefficient (Wildman–Crippen LogP) is 1.57. The molecule has 1 aliphatic rings. The molecule has 0 saturated carbocycles. The summed E-state index contributed by atoms with van der Waals surface area (Å²) in [5, 5.41) is 1.91. The van der Waals surface area contributed by atoms with Crippen molar-refractivity contribution in [2.75, 3.05) is 19.9 Å². The molecule has 2 heterocycles. The fourth-order valence-electron chi connectivity index (χ4n) is 1.31. The highest BCUT2D eigenvalue weighted by Gasteiger charge is 2.18. The summed E-state index contributed by atoms with van der Waals surface area (Å²) in [6, 6.07) is 3.74. The van der Waals surface area contributed by atoms with Crippen LogP contribution in [-0.2, 0) is 4.74 Å². The lowest BCUT2D eigenvalue weighted by molar-refractivity contribution is -0.00543. The van der Waals surface area contributed by atoms with Gasteiger partial charge in [0, 0.05) is 6.54 Å². The Bertz CT molecular complexity index is 278. The van der Waals surface area contributed by atoms with Crippen LogP contribution in [0.15, 0.2) is 17.5 Å². The van der Waals surface area contributed by atoms with Gasteiger partial charge in [-0.25, -0.2) is 0 Å². The van der Waals surface area contributed by atoms with E-state index in [1.807, 2.05) is 17.5 Å². The minimum Gasteiger partial charge on any atom is -0.361 e. The van der Waals surface area contributed by atoms with E-state index in [2.05, 4.69) is 0 Å². The quantitative estimate of drug-likeness (QED) is 0.684. The predicted molar refractivity (Wildman–Crippen MR) is 50.8 cm³/mol. The average molecular weight is 197 g/mol. The fourth-order valence-corrected chi connectivity index (χ4v) is 2.00. The van der Waals surface area contributed by atoms with Crippen molar-refractivity contribution in [1.29, 1.82) is 0 Å². The minimum atomic E-state index is 0.0923. The van der Waals surface area contributed by atoms with Crippen molar-refractivity contribution in [2.24, 2.45) is 0 Å². The largest absolute Gasteiger partial charge is 0.361 e. The van der Waals surface area contributed by atoms with Gasteiger partial charge in [-0.1, -0.05) is 6.07 Å². The van der Waals surface area contributed by atoms with Crippen molar-refractivity contribution in [2.45, 2.75) is 6.42 Å². The van der Waals surface area contributed by atoms with E-state index in [0.29, 0.717) is 6.73 Å². The zero-order valence-electron chi connectivity index (χ0n) is 7.23. The van der Waals surface area contributed by atoms with Crippen molar-refractivity contribution in [1.82, 2.24) is 4.90 Å². The summed E-state index contributed by atoms with van der Waals surface area (Å²) in [5.74, 6) is 0.0923. The van der Waals surface area contributed by atoms with Crippen LogP contribution in [0, 0.1) is 0 Å². The summed E-state index contributed by atoms with van der Waals surface area (Å²) in [4.78, 5) is 14.3. The second kappa shape index (κ2) is 3.89. The van der Waals surface area contributed by atoms with Gasteiger partial charge in [-0.2, -0.15) is 0 Å². The van der Waals surface area contributed by atoms with Crippen LogP contribution in [-0.4, -0.2) is 30.7 Å². The highest BCUT2D eigenvalue weighted by molar-refractivity contribution is 7.12. The summed E-state index contributed by atoms with van der Waals surface area (Å²) < 4.78 is 5.21. The van der Waals surface area contributed by atoms with E-state index in [1.54, 1.807) is 4.90 Å². The number of rotatable bonds is 1. The number of amides is 1. The number of nitrogens with zero attached hydrogens (tertiary/aromatic N) is 1. The molecular weight excluding hydrogens is 186 g/mol. The third-order valence-corrected chi connectivity index (χ3v) is 2.84. The molecule has 1 aliphatic heterocycles. The Morgan fingerprint density at radius 3 is 3.15 bits per heavy atom. The number of carbonyl (C=O) groups is 1. The zero-order valence-corrected chi connectivity index (χ0v) is 8.05. The summed E-state index contributed by atoms with van der Waals surface area (Å²) in [6.07, 6.45) is 0.942. The molecule has 4 heteroatoms. The van der Waals surface area contributed by atoms with Gasteiger partial charge in [-0.05, 0) is 17.9 Å². The first kappa shape index (κ1) is 8.72. The van der Waals surface area contributed by atoms with E-state index >= 15 is 0 Å². The Morgan fingerprint density at radius 2 is 2.54 bits per heavy atom. The van der Waals surface area contributed by atoms with E-state index in [1.165, 1.54) is 11.3 Å². The maximum Gasteiger partial charge on any atom is 0.265 e. The highest BCUT2D eigenvalue weighted by Crippen LogP contribution is 2.13. The Kier molecular flexibility index (Phi) is 2.61. The fraction of sp³-hybridized carbons (Fsp3) is 0.444. The van der Waals surface area contributed by atoms with Gasteiger partial charge in [0.2, 0.25) is 0 Å². The van der Waals surface area contributed by atoms with E-state index < -0.39 is 0 Å². The van der Waals surface area contributed by atoms with Gasteiger partial charge in [-0.3, -0.25) is 4.79 Å². The monoisotopic (exact) mass is 197 g/mol. The molecule has 0 spiro atoms. The van der Waals surface area contributed by atoms with Crippen LogP contribution in [0.5, 0.6) is 0 Å². The van der Waals surface area contributed by atoms with E-state index in [-0.39, 0.29) is 5.91 Å². The lowest BCUT2D eigenvalue weighted by Crippen LogP contribution is -2.37. The first-order valence-corrected chi connectivity index (χ1v) is 5.16. The number of carbonyl (C=O) groups excluding carboxylic acids is 1. The summed E-state index contributed by atoms with van der Waals surface area (Å²) in [6.45, 7) is 2.03. The second-order valence-electron chi connectivity index (χ2n) is 2.94. The molecule has 0 N–H and O–H groups in total. The van der Waals surface area contributed by atoms with Crippen molar-refractivity contribution in [3.8, 4) is 0 Å². The highest BCUT2D eigenvalue weighted by atomic mass is 32.1. The maximum atomic E-state index is 11.7. The molecule has 1 amide bonds. The smallest absolute Gasteiger partial charge is 0.265 e. The third-order valence-electron chi connectivity index (χ3n) is 1.98. The summed E-state index contributed by atoms with van der Waals surface area (Å²) in [5.41, 5.74) is 0. The van der Waals surface area contributed by atoms with E-state index in [9.17, 15) is 4.79 Å². The third kappa shape index (κ3) is 1.89. The Balaban J connectivity index is 2.04. The van der Waals surface area contributed by atoms with Crippen molar-refractivity contribution in [3.05, 3.63) is 22.4 Å². The van der Waals surface area contributed by atoms with Crippen LogP contribution < -0.4 is 0 Å². The zero-order chi connectivity index (χ0) is 9.10. The van der Waals surface area contributed by atoms with Crippen LogP contribution >= 0.6 is 11.3 Å². The first-order chi connectivity index (χ1) is 6.38. The Hall–Kier alpha value is -0.870. The molecule has 0 aliphatic carbocycles. The van der Waals surface area contributed by atoms with Crippen LogP contribution in [0.25, 0.3) is 0 Å². The Morgan fingerprint density at radius 1 is 1.62 bits per heavy atom. The lowest BCUT2D eigenvalue weighted by Gasteiger charge is -2.26. The number of thiophene rings is 1. The molecule has 0 aromatic carbocycles. The molecule has 0 bridgehead atoms. The van der Waals surface area contributed by atoms with Gasteiger partial charge in [0.05, 0.1) is 11.5 Å². The minimum absolute atomic E-state index is 0.0923. The molecule has 1 aromatic rings. The van der Waals surface area contributed by atoms with Gasteiger partial charge >= 0.3 is 0 Å².